The highest BCUT2D eigenvalue weighted by atomic mass is 16.8. The van der Waals surface area contributed by atoms with Crippen LogP contribution in [0.1, 0.15) is 271 Å². The van der Waals surface area contributed by atoms with Crippen molar-refractivity contribution in [3.05, 3.63) is 12.2 Å². The predicted molar refractivity (Wildman–Crippen MR) is 348 cm³/mol. The van der Waals surface area contributed by atoms with Crippen LogP contribution in [0.4, 0.5) is 0 Å². The van der Waals surface area contributed by atoms with Gasteiger partial charge in [-0.1, -0.05) is 225 Å². The van der Waals surface area contributed by atoms with Crippen molar-refractivity contribution in [1.82, 2.24) is 10.6 Å². The number of hydrogen-bond donors (Lipinski definition) is 14. The molecule has 0 aromatic heterocycles. The van der Waals surface area contributed by atoms with Gasteiger partial charge in [-0.05, 0) is 38.5 Å². The van der Waals surface area contributed by atoms with Crippen LogP contribution in [0.3, 0.4) is 0 Å². The Morgan fingerprint density at radius 3 is 1.47 bits per heavy atom. The number of hydrogen-bond acceptors (Lipinski definition) is 20. The highest BCUT2D eigenvalue weighted by Crippen LogP contribution is 2.39. The number of carboxylic acids is 1. The van der Waals surface area contributed by atoms with Crippen LogP contribution in [-0.2, 0) is 42.8 Å². The summed E-state index contributed by atoms with van der Waals surface area (Å²) in [7, 11) is 0. The molecule has 3 saturated heterocycles. The third-order valence-corrected chi connectivity index (χ3v) is 18.5. The van der Waals surface area contributed by atoms with Crippen LogP contribution < -0.4 is 10.6 Å². The predicted octanol–water partition coefficient (Wildman–Crippen LogP) is 7.07. The minimum Gasteiger partial charge on any atom is -0.477 e. The number of aliphatic hydroxyl groups is 11. The first-order valence-corrected chi connectivity index (χ1v) is 36.0. The maximum atomic E-state index is 13.5. The second-order valence-corrected chi connectivity index (χ2v) is 26.5. The van der Waals surface area contributed by atoms with Gasteiger partial charge in [0, 0.05) is 19.8 Å². The third-order valence-electron chi connectivity index (χ3n) is 18.5. The first kappa shape index (κ1) is 83.7. The molecule has 0 aromatic rings. The molecule has 92 heavy (non-hydrogen) atoms. The van der Waals surface area contributed by atoms with Gasteiger partial charge in [-0.15, -0.1) is 0 Å². The molecule has 3 aliphatic heterocycles. The number of carboxylic acid groups (broad SMARTS) is 1. The number of allylic oxidation sites excluding steroid dienone is 2. The van der Waals surface area contributed by atoms with Gasteiger partial charge < -0.3 is 100 Å². The van der Waals surface area contributed by atoms with Gasteiger partial charge in [-0.2, -0.15) is 0 Å². The van der Waals surface area contributed by atoms with Gasteiger partial charge in [0.15, 0.2) is 12.6 Å². The Kier molecular flexibility index (Phi) is 45.4. The molecular formula is C69H128N2O21. The van der Waals surface area contributed by atoms with Crippen LogP contribution in [0.2, 0.25) is 0 Å². The van der Waals surface area contributed by atoms with Crippen LogP contribution in [0.5, 0.6) is 0 Å². The molecule has 0 saturated carbocycles. The summed E-state index contributed by atoms with van der Waals surface area (Å²) in [4.78, 5) is 38.6. The first-order chi connectivity index (χ1) is 44.4. The first-order valence-electron chi connectivity index (χ1n) is 36.0. The summed E-state index contributed by atoms with van der Waals surface area (Å²) >= 11 is 0. The lowest BCUT2D eigenvalue weighted by Crippen LogP contribution is -2.70. The number of unbranched alkanes of at least 4 members (excludes halogenated alkanes) is 33. The van der Waals surface area contributed by atoms with E-state index < -0.39 is 148 Å². The number of carbonyl (C=O) groups excluding carboxylic acids is 2. The van der Waals surface area contributed by atoms with Crippen molar-refractivity contribution in [2.24, 2.45) is 0 Å². The van der Waals surface area contributed by atoms with E-state index >= 15 is 0 Å². The van der Waals surface area contributed by atoms with E-state index in [0.717, 1.165) is 84.0 Å². The highest BCUT2D eigenvalue weighted by molar-refractivity contribution is 5.77. The lowest BCUT2D eigenvalue weighted by molar-refractivity contribution is -0.386. The largest absolute Gasteiger partial charge is 0.477 e. The lowest BCUT2D eigenvalue weighted by atomic mass is 9.88. The number of rotatable bonds is 55. The van der Waals surface area contributed by atoms with Crippen LogP contribution in [0, 0.1) is 0 Å². The Balaban J connectivity index is 1.56. The molecule has 2 amide bonds. The summed E-state index contributed by atoms with van der Waals surface area (Å²) in [5, 5.41) is 136. The van der Waals surface area contributed by atoms with E-state index in [9.17, 15) is 75.7 Å². The third kappa shape index (κ3) is 31.8. The summed E-state index contributed by atoms with van der Waals surface area (Å²) in [5.74, 6) is -6.10. The van der Waals surface area contributed by atoms with E-state index in [0.29, 0.717) is 19.3 Å². The molecule has 23 heteroatoms. The second kappa shape index (κ2) is 49.9. The molecule has 540 valence electrons. The number of aliphatic carboxylic acids is 1. The summed E-state index contributed by atoms with van der Waals surface area (Å²) in [6.07, 6.45) is 19.3. The summed E-state index contributed by atoms with van der Waals surface area (Å²) in [6.45, 7) is 2.22. The SMILES string of the molecule is CCCCCCCCCCCCCC/C=C\CCCCCCCCCC(=O)NC(COC1OC(CO)C(OC2OC(CO)C(O)C(OC3(C(=O)O)CC(O)C(NC(C)=O)C(C(O)C(O)CO)O3)C2O)C(O)C1O)C(O)CCCCCCCCCCCCCCCCC. The molecule has 0 aliphatic carbocycles. The maximum Gasteiger partial charge on any atom is 0.364 e. The second-order valence-electron chi connectivity index (χ2n) is 26.5. The fourth-order valence-electron chi connectivity index (χ4n) is 12.7. The summed E-state index contributed by atoms with van der Waals surface area (Å²) < 4.78 is 34.9. The monoisotopic (exact) mass is 1320 g/mol. The van der Waals surface area contributed by atoms with E-state index in [-0.39, 0.29) is 18.9 Å². The fourth-order valence-corrected chi connectivity index (χ4v) is 12.7. The normalized spacial score (nSPS) is 28.3. The molecular weight excluding hydrogens is 1190 g/mol. The van der Waals surface area contributed by atoms with E-state index in [2.05, 4.69) is 36.6 Å². The Hall–Kier alpha value is -2.53. The Morgan fingerprint density at radius 1 is 0.554 bits per heavy atom. The molecule has 0 aromatic carbocycles. The van der Waals surface area contributed by atoms with E-state index in [1.165, 1.54) is 141 Å². The van der Waals surface area contributed by atoms with E-state index in [1.807, 2.05) is 0 Å². The van der Waals surface area contributed by atoms with Crippen molar-refractivity contribution in [3.8, 4) is 0 Å². The van der Waals surface area contributed by atoms with Crippen LogP contribution in [-0.4, -0.2) is 215 Å². The smallest absolute Gasteiger partial charge is 0.364 e. The molecule has 14 N–H and O–H groups in total. The van der Waals surface area contributed by atoms with Crippen molar-refractivity contribution in [2.75, 3.05) is 26.4 Å². The maximum absolute atomic E-state index is 13.5. The standard InChI is InChI=1S/C69H128N2O21/c1-4-6-8-10-12-14-16-18-20-21-22-23-24-25-26-27-29-31-33-35-37-39-41-43-56(79)71-50(51(76)42-40-38-36-34-32-30-28-19-17-15-13-11-9-7-5-2)48-87-66-61(83)60(82)63(55(47-74)89-66)90-67-62(84)65(59(81)54(46-73)88-67)92-69(68(85)86)44-52(77)57(70-49(3)75)64(91-69)58(80)53(78)45-72/h25-26,50-55,57-67,72-74,76-78,80-84H,4-24,27-48H2,1-3H3,(H,70,75)(H,71,79)(H,85,86)/b26-25-. The van der Waals surface area contributed by atoms with Gasteiger partial charge in [0.2, 0.25) is 11.8 Å². The van der Waals surface area contributed by atoms with Crippen LogP contribution in [0.15, 0.2) is 12.2 Å². The molecule has 3 aliphatic rings. The van der Waals surface area contributed by atoms with Crippen molar-refractivity contribution in [3.63, 3.8) is 0 Å². The van der Waals surface area contributed by atoms with Crippen molar-refractivity contribution >= 4 is 17.8 Å². The number of amides is 2. The number of ether oxygens (including phenoxy) is 6. The molecule has 18 atom stereocenters. The van der Waals surface area contributed by atoms with Gasteiger partial charge in [0.25, 0.3) is 5.79 Å². The molecule has 23 nitrogen and oxygen atoms in total. The highest BCUT2D eigenvalue weighted by Gasteiger charge is 2.60. The van der Waals surface area contributed by atoms with Gasteiger partial charge in [-0.25, -0.2) is 4.79 Å². The molecule has 0 spiro atoms. The molecule has 0 radical (unpaired) electrons. The van der Waals surface area contributed by atoms with Crippen LogP contribution >= 0.6 is 0 Å². The minimum atomic E-state index is -3.08. The van der Waals surface area contributed by atoms with Gasteiger partial charge in [0.1, 0.15) is 67.1 Å². The topological polar surface area (TPSA) is 373 Å². The van der Waals surface area contributed by atoms with Gasteiger partial charge >= 0.3 is 5.97 Å². The van der Waals surface area contributed by atoms with E-state index in [1.54, 1.807) is 0 Å². The van der Waals surface area contributed by atoms with Gasteiger partial charge in [-0.3, -0.25) is 9.59 Å². The molecule has 18 unspecified atom stereocenters. The Bertz CT molecular complexity index is 1910. The fraction of sp³-hybridized carbons (Fsp3) is 0.928. The van der Waals surface area contributed by atoms with Gasteiger partial charge in [0.05, 0.1) is 50.7 Å². The van der Waals surface area contributed by atoms with Crippen molar-refractivity contribution in [2.45, 2.75) is 381 Å². The quantitative estimate of drug-likeness (QED) is 0.0214. The average molecular weight is 1320 g/mol. The Labute approximate surface area is 550 Å². The number of carbonyl (C=O) groups is 3. The van der Waals surface area contributed by atoms with Crippen molar-refractivity contribution < 1.29 is 104 Å². The van der Waals surface area contributed by atoms with E-state index in [4.69, 9.17) is 28.4 Å². The number of aliphatic hydroxyl groups excluding tert-OH is 11. The number of nitrogens with one attached hydrogen (secondary N) is 2. The summed E-state index contributed by atoms with van der Waals surface area (Å²) in [6, 6.07) is -2.53. The molecule has 0 bridgehead atoms. The zero-order valence-corrected chi connectivity index (χ0v) is 56.4. The zero-order valence-electron chi connectivity index (χ0n) is 56.4. The Morgan fingerprint density at radius 2 is 1.01 bits per heavy atom. The summed E-state index contributed by atoms with van der Waals surface area (Å²) in [5.41, 5.74) is 0. The zero-order chi connectivity index (χ0) is 67.5. The lowest BCUT2D eigenvalue weighted by Gasteiger charge is -2.50. The average Bonchev–Trinajstić information content (AvgIpc) is 0.764. The minimum absolute atomic E-state index is 0.220. The van der Waals surface area contributed by atoms with Crippen molar-refractivity contribution in [1.29, 1.82) is 0 Å². The van der Waals surface area contributed by atoms with Crippen LogP contribution in [0.25, 0.3) is 0 Å². The molecule has 3 rings (SSSR count). The molecule has 3 heterocycles. The molecule has 3 fully saturated rings.